The van der Waals surface area contributed by atoms with Crippen LogP contribution in [0.4, 0.5) is 11.6 Å². The van der Waals surface area contributed by atoms with Gasteiger partial charge in [-0.25, -0.2) is 15.0 Å². The van der Waals surface area contributed by atoms with Crippen LogP contribution in [0.1, 0.15) is 52.9 Å². The van der Waals surface area contributed by atoms with E-state index in [2.05, 4.69) is 59.5 Å². The van der Waals surface area contributed by atoms with Gasteiger partial charge in [0.05, 0.1) is 12.7 Å². The second-order valence-electron chi connectivity index (χ2n) is 11.6. The summed E-state index contributed by atoms with van der Waals surface area (Å²) in [6, 6.07) is 7.34. The first-order chi connectivity index (χ1) is 19.0. The maximum absolute atomic E-state index is 12.7. The molecular formula is C30H41N5O4Si. The number of carbonyl (C=O) groups is 1. The van der Waals surface area contributed by atoms with E-state index in [1.54, 1.807) is 19.5 Å². The molecule has 1 aromatic carbocycles. The zero-order valence-electron chi connectivity index (χ0n) is 24.7. The first-order valence-electron chi connectivity index (χ1n) is 13.9. The van der Waals surface area contributed by atoms with Crippen LogP contribution in [0.3, 0.4) is 0 Å². The number of unbranched alkanes of at least 4 members (excludes halogenated alkanes) is 3. The van der Waals surface area contributed by atoms with E-state index in [9.17, 15) is 4.79 Å². The highest BCUT2D eigenvalue weighted by molar-refractivity contribution is 6.74. The van der Waals surface area contributed by atoms with Crippen molar-refractivity contribution < 1.29 is 18.4 Å². The second kappa shape index (κ2) is 12.3. The maximum atomic E-state index is 12.7. The van der Waals surface area contributed by atoms with Gasteiger partial charge in [-0.1, -0.05) is 33.6 Å². The number of benzene rings is 1. The number of nitrogens with one attached hydrogen (secondary N) is 2. The monoisotopic (exact) mass is 563 g/mol. The SMILES string of the molecule is CNc1ncc(-c2nc3cc(OC)ccc3o2)c2cc(NC(=O)CCCCCCO[Si](C)(C)C(C)(C)C)ncc12. The largest absolute Gasteiger partial charge is 0.497 e. The molecule has 10 heteroatoms. The molecule has 0 atom stereocenters. The Morgan fingerprint density at radius 3 is 2.52 bits per heavy atom. The number of aromatic nitrogens is 3. The lowest BCUT2D eigenvalue weighted by molar-refractivity contribution is -0.116. The van der Waals surface area contributed by atoms with Gasteiger partial charge in [0.2, 0.25) is 11.8 Å². The van der Waals surface area contributed by atoms with Crippen LogP contribution in [0.5, 0.6) is 5.75 Å². The van der Waals surface area contributed by atoms with Crippen LogP contribution in [-0.4, -0.2) is 49.9 Å². The summed E-state index contributed by atoms with van der Waals surface area (Å²) in [5.74, 6) is 2.24. The molecule has 0 bridgehead atoms. The van der Waals surface area contributed by atoms with E-state index in [0.29, 0.717) is 46.4 Å². The van der Waals surface area contributed by atoms with Crippen LogP contribution in [0.25, 0.3) is 33.3 Å². The van der Waals surface area contributed by atoms with Crippen LogP contribution < -0.4 is 15.4 Å². The van der Waals surface area contributed by atoms with Crippen LogP contribution in [-0.2, 0) is 9.22 Å². The predicted molar refractivity (Wildman–Crippen MR) is 164 cm³/mol. The molecule has 3 heterocycles. The predicted octanol–water partition coefficient (Wildman–Crippen LogP) is 7.40. The molecule has 2 N–H and O–H groups in total. The van der Waals surface area contributed by atoms with Gasteiger partial charge in [0.25, 0.3) is 0 Å². The van der Waals surface area contributed by atoms with Crippen LogP contribution >= 0.6 is 0 Å². The Hall–Kier alpha value is -3.50. The lowest BCUT2D eigenvalue weighted by atomic mass is 10.1. The average Bonchev–Trinajstić information content (AvgIpc) is 3.34. The fourth-order valence-electron chi connectivity index (χ4n) is 4.21. The highest BCUT2D eigenvalue weighted by Gasteiger charge is 2.36. The van der Waals surface area contributed by atoms with E-state index in [4.69, 9.17) is 13.6 Å². The van der Waals surface area contributed by atoms with E-state index >= 15 is 0 Å². The third-order valence-corrected chi connectivity index (χ3v) is 12.2. The summed E-state index contributed by atoms with van der Waals surface area (Å²) in [5.41, 5.74) is 2.05. The summed E-state index contributed by atoms with van der Waals surface area (Å²) in [7, 11) is 1.73. The zero-order chi connectivity index (χ0) is 28.9. The molecule has 0 fully saturated rings. The fourth-order valence-corrected chi connectivity index (χ4v) is 5.30. The van der Waals surface area contributed by atoms with Gasteiger partial charge in [-0.3, -0.25) is 4.79 Å². The molecule has 0 aliphatic heterocycles. The minimum Gasteiger partial charge on any atom is -0.497 e. The standard InChI is InChI=1S/C30H41N5O4Si/c1-30(2,3)40(6,7)38-15-11-9-8-10-12-27(36)35-26-17-21-22(18-32-26)28(31-4)33-19-23(21)29-34-24-16-20(37-5)13-14-25(24)39-29/h13-14,16-19H,8-12,15H2,1-7H3,(H,31,33)(H,32,35,36). The van der Waals surface area contributed by atoms with Gasteiger partial charge in [0.1, 0.15) is 22.9 Å². The number of carbonyl (C=O) groups excluding carboxylic acids is 1. The van der Waals surface area contributed by atoms with Gasteiger partial charge < -0.3 is 24.2 Å². The lowest BCUT2D eigenvalue weighted by Crippen LogP contribution is -2.40. The van der Waals surface area contributed by atoms with Crippen LogP contribution in [0.15, 0.2) is 41.1 Å². The Morgan fingerprint density at radius 2 is 1.80 bits per heavy atom. The number of hydrogen-bond acceptors (Lipinski definition) is 8. The van der Waals surface area contributed by atoms with E-state index in [-0.39, 0.29) is 10.9 Å². The van der Waals surface area contributed by atoms with Crippen molar-refractivity contribution in [1.29, 1.82) is 0 Å². The van der Waals surface area contributed by atoms with Gasteiger partial charge in [-0.2, -0.15) is 0 Å². The minimum absolute atomic E-state index is 0.0530. The number of nitrogens with zero attached hydrogens (tertiary/aromatic N) is 3. The fraction of sp³-hybridized carbons (Fsp3) is 0.467. The van der Waals surface area contributed by atoms with E-state index in [0.717, 1.165) is 43.1 Å². The smallest absolute Gasteiger partial charge is 0.229 e. The van der Waals surface area contributed by atoms with Gasteiger partial charge in [0.15, 0.2) is 13.9 Å². The van der Waals surface area contributed by atoms with Gasteiger partial charge in [0, 0.05) is 49.3 Å². The van der Waals surface area contributed by atoms with Crippen molar-refractivity contribution in [3.63, 3.8) is 0 Å². The van der Waals surface area contributed by atoms with Crippen molar-refractivity contribution in [2.75, 3.05) is 31.4 Å². The first-order valence-corrected chi connectivity index (χ1v) is 16.8. The molecule has 0 saturated carbocycles. The molecule has 0 aliphatic rings. The number of anilines is 2. The molecule has 4 rings (SSSR count). The summed E-state index contributed by atoms with van der Waals surface area (Å²) in [6.07, 6.45) is 7.76. The first kappa shape index (κ1) is 29.5. The van der Waals surface area contributed by atoms with E-state index < -0.39 is 8.32 Å². The van der Waals surface area contributed by atoms with Crippen LogP contribution in [0.2, 0.25) is 18.1 Å². The number of pyridine rings is 2. The third-order valence-electron chi connectivity index (χ3n) is 7.67. The topological polar surface area (TPSA) is 111 Å². The molecule has 0 aliphatic carbocycles. The second-order valence-corrected chi connectivity index (χ2v) is 16.4. The highest BCUT2D eigenvalue weighted by Crippen LogP contribution is 2.37. The third kappa shape index (κ3) is 6.79. The molecule has 0 saturated heterocycles. The van der Waals surface area contributed by atoms with Crippen molar-refractivity contribution in [2.24, 2.45) is 0 Å². The summed E-state index contributed by atoms with van der Waals surface area (Å²) < 4.78 is 17.6. The minimum atomic E-state index is -1.69. The number of rotatable bonds is 12. The van der Waals surface area contributed by atoms with E-state index in [1.165, 1.54) is 0 Å². The van der Waals surface area contributed by atoms with Gasteiger partial charge in [-0.15, -0.1) is 0 Å². The quantitative estimate of drug-likeness (QED) is 0.135. The van der Waals surface area contributed by atoms with Crippen molar-refractivity contribution >= 4 is 47.7 Å². The zero-order valence-corrected chi connectivity index (χ0v) is 25.7. The molecule has 1 amide bonds. The Morgan fingerprint density at radius 1 is 1.02 bits per heavy atom. The lowest BCUT2D eigenvalue weighted by Gasteiger charge is -2.36. The summed E-state index contributed by atoms with van der Waals surface area (Å²) in [6.45, 7) is 12.1. The van der Waals surface area contributed by atoms with Gasteiger partial charge >= 0.3 is 0 Å². The molecule has 0 radical (unpaired) electrons. The Balaban J connectivity index is 1.39. The molecule has 9 nitrogen and oxygen atoms in total. The van der Waals surface area contributed by atoms with Crippen molar-refractivity contribution in [2.45, 2.75) is 71.0 Å². The normalized spacial score (nSPS) is 12.2. The van der Waals surface area contributed by atoms with E-state index in [1.807, 2.05) is 31.3 Å². The number of fused-ring (bicyclic) bond motifs is 2. The average molecular weight is 564 g/mol. The summed E-state index contributed by atoms with van der Waals surface area (Å²) in [5, 5.41) is 7.91. The van der Waals surface area contributed by atoms with Crippen molar-refractivity contribution in [3.05, 3.63) is 36.7 Å². The Kier molecular flexibility index (Phi) is 9.10. The number of oxazole rings is 1. The molecule has 4 aromatic rings. The van der Waals surface area contributed by atoms with Crippen molar-refractivity contribution in [3.8, 4) is 17.2 Å². The number of amides is 1. The summed E-state index contributed by atoms with van der Waals surface area (Å²) >= 11 is 0. The molecule has 40 heavy (non-hydrogen) atoms. The molecular weight excluding hydrogens is 522 g/mol. The molecule has 214 valence electrons. The molecule has 0 unspecified atom stereocenters. The molecule has 0 spiro atoms. The Bertz CT molecular complexity index is 1480. The van der Waals surface area contributed by atoms with Crippen LogP contribution in [0, 0.1) is 0 Å². The van der Waals surface area contributed by atoms with Gasteiger partial charge in [-0.05, 0) is 49.2 Å². The summed E-state index contributed by atoms with van der Waals surface area (Å²) in [4.78, 5) is 26.4. The molecule has 3 aromatic heterocycles. The number of methoxy groups -OCH3 is 1. The number of ether oxygens (including phenoxy) is 1. The highest BCUT2D eigenvalue weighted by atomic mass is 28.4. The Labute approximate surface area is 237 Å². The maximum Gasteiger partial charge on any atom is 0.229 e. The van der Waals surface area contributed by atoms with Crippen molar-refractivity contribution in [1.82, 2.24) is 15.0 Å². The number of hydrogen-bond donors (Lipinski definition) is 2.